The summed E-state index contributed by atoms with van der Waals surface area (Å²) in [5.74, 6) is 0.596. The van der Waals surface area contributed by atoms with Crippen molar-refractivity contribution in [2.75, 3.05) is 17.6 Å². The molecule has 0 saturated carbocycles. The summed E-state index contributed by atoms with van der Waals surface area (Å²) in [6, 6.07) is 16.9. The number of carbonyl (C=O) groups is 1. The number of hydrazone groups is 1. The number of nitrogens with zero attached hydrogens (tertiary/aromatic N) is 2. The first kappa shape index (κ1) is 23.8. The molecule has 3 aromatic carbocycles. The second-order valence-corrected chi connectivity index (χ2v) is 10.4. The number of aryl methyl sites for hydroxylation is 2. The van der Waals surface area contributed by atoms with Crippen molar-refractivity contribution < 1.29 is 22.7 Å². The number of amides is 1. The van der Waals surface area contributed by atoms with Crippen molar-refractivity contribution in [2.24, 2.45) is 5.10 Å². The van der Waals surface area contributed by atoms with Crippen LogP contribution in [0.2, 0.25) is 0 Å². The number of ether oxygens (including phenoxy) is 2. The molecule has 8 nitrogen and oxygen atoms in total. The Morgan fingerprint density at radius 3 is 2.26 bits per heavy atom. The third kappa shape index (κ3) is 5.23. The maximum absolute atomic E-state index is 13.4. The molecule has 0 unspecified atom stereocenters. The van der Waals surface area contributed by atoms with E-state index in [0.717, 1.165) is 15.4 Å². The highest BCUT2D eigenvalue weighted by molar-refractivity contribution is 9.10. The molecule has 176 valence electrons. The number of carbonyl (C=O) groups excluding carboxylic acids is 1. The normalized spacial score (nSPS) is 12.7. The molecule has 0 atom stereocenters. The standard InChI is InChI=1S/C24H22BrN3O5S/c1-16-3-7-19(8-4-16)28(34(30,31)20-9-5-17(2)6-10-20)14-24(29)27-26-13-18-11-22-23(12-21(18)25)33-15-32-22/h3-13H,14-15H2,1-2H3,(H,27,29)/b26-13-. The zero-order chi connectivity index (χ0) is 24.3. The van der Waals surface area contributed by atoms with Gasteiger partial charge in [-0.3, -0.25) is 9.10 Å². The van der Waals surface area contributed by atoms with Crippen LogP contribution in [0.1, 0.15) is 16.7 Å². The molecule has 1 aliphatic heterocycles. The van der Waals surface area contributed by atoms with E-state index in [2.05, 4.69) is 26.5 Å². The van der Waals surface area contributed by atoms with Crippen LogP contribution in [0.15, 0.2) is 75.1 Å². The summed E-state index contributed by atoms with van der Waals surface area (Å²) in [4.78, 5) is 12.8. The summed E-state index contributed by atoms with van der Waals surface area (Å²) >= 11 is 3.42. The van der Waals surface area contributed by atoms with E-state index in [9.17, 15) is 13.2 Å². The number of halogens is 1. The van der Waals surface area contributed by atoms with Crippen molar-refractivity contribution in [3.8, 4) is 11.5 Å². The van der Waals surface area contributed by atoms with Crippen molar-refractivity contribution in [3.05, 3.63) is 81.8 Å². The van der Waals surface area contributed by atoms with Crippen LogP contribution in [0.3, 0.4) is 0 Å². The molecule has 0 aliphatic carbocycles. The van der Waals surface area contributed by atoms with Gasteiger partial charge in [0.05, 0.1) is 16.8 Å². The third-order valence-electron chi connectivity index (χ3n) is 5.10. The predicted molar refractivity (Wildman–Crippen MR) is 133 cm³/mol. The summed E-state index contributed by atoms with van der Waals surface area (Å²) in [7, 11) is -3.99. The monoisotopic (exact) mass is 543 g/mol. The van der Waals surface area contributed by atoms with Crippen LogP contribution in [0.4, 0.5) is 5.69 Å². The molecule has 10 heteroatoms. The van der Waals surface area contributed by atoms with Crippen molar-refractivity contribution >= 4 is 43.8 Å². The lowest BCUT2D eigenvalue weighted by Crippen LogP contribution is -2.39. The summed E-state index contributed by atoms with van der Waals surface area (Å²) in [5.41, 5.74) is 5.34. The highest BCUT2D eigenvalue weighted by Crippen LogP contribution is 2.36. The van der Waals surface area contributed by atoms with Crippen LogP contribution < -0.4 is 19.2 Å². The van der Waals surface area contributed by atoms with Gasteiger partial charge in [0, 0.05) is 10.0 Å². The SMILES string of the molecule is Cc1ccc(N(CC(=O)N/N=C\c2cc3c(cc2Br)OCO3)S(=O)(=O)c2ccc(C)cc2)cc1. The van der Waals surface area contributed by atoms with Crippen LogP contribution in [0.25, 0.3) is 0 Å². The second kappa shape index (κ2) is 9.86. The number of sulfonamides is 1. The van der Waals surface area contributed by atoms with Gasteiger partial charge in [-0.15, -0.1) is 0 Å². The van der Waals surface area contributed by atoms with E-state index in [1.807, 2.05) is 13.8 Å². The number of rotatable bonds is 7. The lowest BCUT2D eigenvalue weighted by atomic mass is 10.2. The molecule has 1 amide bonds. The Kier molecular flexibility index (Phi) is 6.90. The summed E-state index contributed by atoms with van der Waals surface area (Å²) in [6.45, 7) is 3.47. The van der Waals surface area contributed by atoms with Crippen molar-refractivity contribution in [1.29, 1.82) is 0 Å². The molecule has 0 fully saturated rings. The molecular weight excluding hydrogens is 522 g/mol. The zero-order valence-electron chi connectivity index (χ0n) is 18.5. The van der Waals surface area contributed by atoms with Gasteiger partial charge in [-0.2, -0.15) is 5.10 Å². The molecule has 0 saturated heterocycles. The number of nitrogens with one attached hydrogen (secondary N) is 1. The third-order valence-corrected chi connectivity index (χ3v) is 7.58. The highest BCUT2D eigenvalue weighted by Gasteiger charge is 2.27. The molecule has 3 aromatic rings. The molecule has 1 heterocycles. The number of fused-ring (bicyclic) bond motifs is 1. The van der Waals surface area contributed by atoms with Gasteiger partial charge in [-0.1, -0.05) is 35.4 Å². The fourth-order valence-corrected chi connectivity index (χ4v) is 5.08. The van der Waals surface area contributed by atoms with E-state index in [4.69, 9.17) is 9.47 Å². The highest BCUT2D eigenvalue weighted by atomic mass is 79.9. The van der Waals surface area contributed by atoms with E-state index < -0.39 is 22.5 Å². The molecule has 34 heavy (non-hydrogen) atoms. The molecule has 1 N–H and O–H groups in total. The largest absolute Gasteiger partial charge is 0.454 e. The average Bonchev–Trinajstić information content (AvgIpc) is 3.25. The first-order chi connectivity index (χ1) is 16.2. The number of anilines is 1. The van der Waals surface area contributed by atoms with Gasteiger partial charge in [-0.25, -0.2) is 13.8 Å². The maximum atomic E-state index is 13.4. The van der Waals surface area contributed by atoms with E-state index in [1.165, 1.54) is 18.3 Å². The minimum atomic E-state index is -3.99. The fourth-order valence-electron chi connectivity index (χ4n) is 3.23. The molecule has 1 aliphatic rings. The lowest BCUT2D eigenvalue weighted by molar-refractivity contribution is -0.119. The Morgan fingerprint density at radius 1 is 1.03 bits per heavy atom. The topological polar surface area (TPSA) is 97.3 Å². The zero-order valence-corrected chi connectivity index (χ0v) is 20.9. The van der Waals surface area contributed by atoms with Gasteiger partial charge in [-0.05, 0) is 66.2 Å². The van der Waals surface area contributed by atoms with Crippen molar-refractivity contribution in [2.45, 2.75) is 18.7 Å². The van der Waals surface area contributed by atoms with Gasteiger partial charge in [0.2, 0.25) is 6.79 Å². The van der Waals surface area contributed by atoms with Gasteiger partial charge in [0.15, 0.2) is 11.5 Å². The van der Waals surface area contributed by atoms with E-state index in [1.54, 1.807) is 48.5 Å². The lowest BCUT2D eigenvalue weighted by Gasteiger charge is -2.24. The van der Waals surface area contributed by atoms with E-state index in [0.29, 0.717) is 27.2 Å². The van der Waals surface area contributed by atoms with Crippen molar-refractivity contribution in [3.63, 3.8) is 0 Å². The number of hydrogen-bond donors (Lipinski definition) is 1. The first-order valence-electron chi connectivity index (χ1n) is 10.3. The van der Waals surface area contributed by atoms with E-state index >= 15 is 0 Å². The number of hydrogen-bond acceptors (Lipinski definition) is 6. The molecule has 0 spiro atoms. The Balaban J connectivity index is 1.54. The number of benzene rings is 3. The van der Waals surface area contributed by atoms with Gasteiger partial charge in [0.1, 0.15) is 6.54 Å². The van der Waals surface area contributed by atoms with Gasteiger partial charge >= 0.3 is 0 Å². The predicted octanol–water partition coefficient (Wildman–Crippen LogP) is 4.14. The minimum Gasteiger partial charge on any atom is -0.454 e. The van der Waals surface area contributed by atoms with E-state index in [-0.39, 0.29) is 11.7 Å². The molecule has 0 bridgehead atoms. The van der Waals surface area contributed by atoms with Crippen LogP contribution in [-0.2, 0) is 14.8 Å². The average molecular weight is 544 g/mol. The van der Waals surface area contributed by atoms with Crippen LogP contribution in [0.5, 0.6) is 11.5 Å². The van der Waals surface area contributed by atoms with Crippen LogP contribution in [-0.4, -0.2) is 33.9 Å². The van der Waals surface area contributed by atoms with Crippen LogP contribution >= 0.6 is 15.9 Å². The second-order valence-electron chi connectivity index (χ2n) is 7.68. The molecule has 4 rings (SSSR count). The Morgan fingerprint density at radius 2 is 1.62 bits per heavy atom. The summed E-state index contributed by atoms with van der Waals surface area (Å²) < 4.78 is 39.2. The fraction of sp³-hybridized carbons (Fsp3) is 0.167. The quantitative estimate of drug-likeness (QED) is 0.356. The maximum Gasteiger partial charge on any atom is 0.264 e. The Hall–Kier alpha value is -3.37. The molecule has 0 radical (unpaired) electrons. The Labute approximate surface area is 206 Å². The first-order valence-corrected chi connectivity index (χ1v) is 12.5. The molecule has 0 aromatic heterocycles. The molecular formula is C24H22BrN3O5S. The van der Waals surface area contributed by atoms with Crippen LogP contribution in [0, 0.1) is 13.8 Å². The van der Waals surface area contributed by atoms with Crippen molar-refractivity contribution in [1.82, 2.24) is 5.43 Å². The van der Waals surface area contributed by atoms with Gasteiger partial charge < -0.3 is 9.47 Å². The summed E-state index contributed by atoms with van der Waals surface area (Å²) in [6.07, 6.45) is 1.44. The minimum absolute atomic E-state index is 0.0965. The Bertz CT molecular complexity index is 1340. The smallest absolute Gasteiger partial charge is 0.264 e. The van der Waals surface area contributed by atoms with Gasteiger partial charge in [0.25, 0.3) is 15.9 Å². The summed E-state index contributed by atoms with van der Waals surface area (Å²) in [5, 5.41) is 3.98.